The maximum atomic E-state index is 7.70. The van der Waals surface area contributed by atoms with E-state index in [4.69, 9.17) is 4.52 Å². The third kappa shape index (κ3) is 3.64. The Morgan fingerprint density at radius 3 is 1.37 bits per heavy atom. The van der Waals surface area contributed by atoms with Crippen LogP contribution in [0.15, 0.2) is 103 Å². The molecule has 0 radical (unpaired) electrons. The normalized spacial score (nSPS) is 17.6. The van der Waals surface area contributed by atoms with Gasteiger partial charge in [-0.2, -0.15) is 0 Å². The molecule has 0 fully saturated rings. The van der Waals surface area contributed by atoms with Crippen LogP contribution in [0.25, 0.3) is 0 Å². The fraction of sp³-hybridized carbons (Fsp3) is 0.273. The second-order valence-electron chi connectivity index (χ2n) is 12.0. The Bertz CT molecular complexity index is 1240. The fourth-order valence-electron chi connectivity index (χ4n) is 5.57. The summed E-state index contributed by atoms with van der Waals surface area (Å²) in [5.74, 6) is 1.08. The number of hydrogen-bond acceptors (Lipinski definition) is 1. The van der Waals surface area contributed by atoms with Gasteiger partial charge in [-0.3, -0.25) is 0 Å². The summed E-state index contributed by atoms with van der Waals surface area (Å²) in [6.07, 6.45) is 0.867. The van der Waals surface area contributed by atoms with Gasteiger partial charge in [0.05, 0.1) is 0 Å². The number of hydrogen-bond donors (Lipinski definition) is 0. The average molecular weight is 481 g/mol. The summed E-state index contributed by atoms with van der Waals surface area (Å²) >= 11 is 0. The Kier molecular flexibility index (Phi) is 5.50. The Labute approximate surface area is 211 Å². The van der Waals surface area contributed by atoms with E-state index in [0.29, 0.717) is 0 Å². The van der Waals surface area contributed by atoms with E-state index < -0.39 is 6.83 Å². The van der Waals surface area contributed by atoms with Crippen LogP contribution in [0.3, 0.4) is 0 Å². The molecule has 35 heavy (non-hydrogen) atoms. The van der Waals surface area contributed by atoms with Crippen molar-refractivity contribution in [3.63, 3.8) is 0 Å². The van der Waals surface area contributed by atoms with Crippen molar-refractivity contribution in [1.82, 2.24) is 0 Å². The van der Waals surface area contributed by atoms with Crippen molar-refractivity contribution in [2.45, 2.75) is 58.5 Å². The van der Waals surface area contributed by atoms with Crippen molar-refractivity contribution >= 4 is 22.7 Å². The van der Waals surface area contributed by atoms with E-state index in [0.717, 1.165) is 11.9 Å². The Morgan fingerprint density at radius 2 is 1.00 bits per heavy atom. The van der Waals surface area contributed by atoms with Gasteiger partial charge in [0, 0.05) is 0 Å². The Balaban J connectivity index is 1.94. The van der Waals surface area contributed by atoms with Gasteiger partial charge in [-0.05, 0) is 0 Å². The number of fused-ring (bicyclic) bond motifs is 1. The maximum absolute atomic E-state index is 7.70. The molecule has 0 bridgehead atoms. The van der Waals surface area contributed by atoms with Crippen molar-refractivity contribution in [3.8, 4) is 5.75 Å². The first-order valence-corrected chi connectivity index (χ1v) is 15.0. The molecule has 0 amide bonds. The van der Waals surface area contributed by atoms with Crippen molar-refractivity contribution in [2.24, 2.45) is 0 Å². The summed E-state index contributed by atoms with van der Waals surface area (Å²) in [6, 6.07) is 37.8. The minimum atomic E-state index is -3.33. The molecule has 180 valence electrons. The van der Waals surface area contributed by atoms with Crippen molar-refractivity contribution in [1.29, 1.82) is 0 Å². The molecule has 0 aliphatic carbocycles. The summed E-state index contributed by atoms with van der Waals surface area (Å²) in [5, 5.41) is 3.85. The monoisotopic (exact) mass is 480 g/mol. The quantitative estimate of drug-likeness (QED) is 0.274. The summed E-state index contributed by atoms with van der Waals surface area (Å²) in [5.41, 5.74) is 4.02. The van der Waals surface area contributed by atoms with E-state index in [1.807, 2.05) is 0 Å². The van der Waals surface area contributed by atoms with Crippen LogP contribution in [0.5, 0.6) is 5.75 Å². The predicted octanol–water partition coefficient (Wildman–Crippen LogP) is 7.62. The van der Waals surface area contributed by atoms with Gasteiger partial charge < -0.3 is 0 Å². The molecule has 1 aliphatic rings. The van der Waals surface area contributed by atoms with Crippen LogP contribution in [0, 0.1) is 0 Å². The minimum absolute atomic E-state index is 0.0419. The third-order valence-corrected chi connectivity index (χ3v) is 13.2. The average Bonchev–Trinajstić information content (AvgIpc) is 3.22. The fourth-order valence-corrected chi connectivity index (χ4v) is 11.3. The molecular weight excluding hydrogens is 443 g/mol. The second-order valence-corrected chi connectivity index (χ2v) is 16.5. The topological polar surface area (TPSA) is 9.23 Å². The van der Waals surface area contributed by atoms with Gasteiger partial charge in [-0.25, -0.2) is 0 Å². The van der Waals surface area contributed by atoms with Gasteiger partial charge in [0.1, 0.15) is 0 Å². The van der Waals surface area contributed by atoms with Crippen LogP contribution in [0.4, 0.5) is 0 Å². The van der Waals surface area contributed by atoms with Crippen molar-refractivity contribution < 1.29 is 4.52 Å². The molecule has 5 rings (SSSR count). The first kappa shape index (κ1) is 23.8. The molecule has 0 unspecified atom stereocenters. The van der Waals surface area contributed by atoms with Crippen LogP contribution in [0.1, 0.15) is 58.2 Å². The van der Waals surface area contributed by atoms with Crippen molar-refractivity contribution in [3.05, 3.63) is 120 Å². The SMILES string of the molecule is CC(C)(C)c1cc2c(c(C(C)(C)C)c1)OP(c1ccccc1)(c1ccccc1)(c1ccccc1)C2. The zero-order valence-corrected chi connectivity index (χ0v) is 22.8. The molecule has 0 saturated heterocycles. The summed E-state index contributed by atoms with van der Waals surface area (Å²) in [7, 11) is 0. The molecule has 1 heterocycles. The molecule has 0 saturated carbocycles. The van der Waals surface area contributed by atoms with Gasteiger partial charge in [0.15, 0.2) is 0 Å². The first-order chi connectivity index (χ1) is 16.6. The van der Waals surface area contributed by atoms with E-state index in [9.17, 15) is 0 Å². The van der Waals surface area contributed by atoms with Crippen LogP contribution in [-0.2, 0) is 17.0 Å². The zero-order valence-electron chi connectivity index (χ0n) is 21.9. The molecule has 0 N–H and O–H groups in total. The van der Waals surface area contributed by atoms with E-state index >= 15 is 0 Å². The molecule has 1 nitrogen and oxygen atoms in total. The Hall–Kier alpha value is -2.89. The molecule has 1 aliphatic heterocycles. The van der Waals surface area contributed by atoms with E-state index in [-0.39, 0.29) is 10.8 Å². The molecule has 0 aromatic heterocycles. The van der Waals surface area contributed by atoms with Gasteiger partial charge in [0.25, 0.3) is 0 Å². The summed E-state index contributed by atoms with van der Waals surface area (Å²) < 4.78 is 7.70. The zero-order chi connectivity index (χ0) is 24.9. The van der Waals surface area contributed by atoms with Crippen LogP contribution in [-0.4, -0.2) is 0 Å². The predicted molar refractivity (Wildman–Crippen MR) is 153 cm³/mol. The first-order valence-electron chi connectivity index (χ1n) is 12.6. The number of rotatable bonds is 3. The molecule has 0 spiro atoms. The molecule has 0 atom stereocenters. The van der Waals surface area contributed by atoms with E-state index in [2.05, 4.69) is 145 Å². The third-order valence-electron chi connectivity index (χ3n) is 7.51. The van der Waals surface area contributed by atoms with Crippen LogP contribution >= 0.6 is 6.83 Å². The molecule has 4 aromatic rings. The second kappa shape index (κ2) is 8.07. The molecular formula is C33H37OP. The summed E-state index contributed by atoms with van der Waals surface area (Å²) in [4.78, 5) is 0. The summed E-state index contributed by atoms with van der Waals surface area (Å²) in [6.45, 7) is 10.5. The van der Waals surface area contributed by atoms with E-state index in [1.165, 1.54) is 32.6 Å². The molecule has 4 aromatic carbocycles. The van der Waals surface area contributed by atoms with Gasteiger partial charge in [-0.1, -0.05) is 0 Å². The van der Waals surface area contributed by atoms with Gasteiger partial charge in [-0.15, -0.1) is 0 Å². The number of benzene rings is 4. The van der Waals surface area contributed by atoms with Crippen LogP contribution in [0.2, 0.25) is 0 Å². The van der Waals surface area contributed by atoms with Gasteiger partial charge in [0.2, 0.25) is 0 Å². The van der Waals surface area contributed by atoms with Crippen molar-refractivity contribution in [2.75, 3.05) is 0 Å². The van der Waals surface area contributed by atoms with Crippen LogP contribution < -0.4 is 20.4 Å². The molecule has 2 heteroatoms. The van der Waals surface area contributed by atoms with E-state index in [1.54, 1.807) is 0 Å². The standard InChI is InChI=1S/C33H37OP/c1-32(2,3)26-22-25-24-35(27-16-10-7-11-17-27,28-18-12-8-13-19-28,29-20-14-9-15-21-29)34-31(25)30(23-26)33(4,5)6/h7-23H,24H2,1-6H3. The Morgan fingerprint density at radius 1 is 0.571 bits per heavy atom. The van der Waals surface area contributed by atoms with Gasteiger partial charge >= 0.3 is 211 Å².